The molecule has 0 aliphatic heterocycles. The molecule has 0 saturated carbocycles. The van der Waals surface area contributed by atoms with Crippen LogP contribution in [0.15, 0.2) is 28.7 Å². The minimum Gasteiger partial charge on any atom is -0.431 e. The van der Waals surface area contributed by atoms with Crippen LogP contribution in [0.1, 0.15) is 10.4 Å². The maximum absolute atomic E-state index is 12.5. The minimum absolute atomic E-state index is 0. The summed E-state index contributed by atoms with van der Waals surface area (Å²) in [7, 11) is 0. The van der Waals surface area contributed by atoms with Crippen molar-refractivity contribution in [2.75, 3.05) is 0 Å². The second kappa shape index (κ2) is 3.89. The quantitative estimate of drug-likeness (QED) is 0.506. The maximum atomic E-state index is 12.5. The molecule has 0 N–H and O–H groups in total. The van der Waals surface area contributed by atoms with Crippen LogP contribution in [0.2, 0.25) is 0 Å². The van der Waals surface area contributed by atoms with Gasteiger partial charge in [-0.05, 0) is 18.2 Å². The molecule has 1 aromatic heterocycles. The van der Waals surface area contributed by atoms with E-state index < -0.39 is 6.01 Å². The van der Waals surface area contributed by atoms with Crippen molar-refractivity contribution in [1.82, 2.24) is 0 Å². The summed E-state index contributed by atoms with van der Waals surface area (Å²) in [6, 6.07) is 5.35. The van der Waals surface area contributed by atoms with Gasteiger partial charge in [-0.15, -0.1) is 0 Å². The predicted molar refractivity (Wildman–Crippen MR) is 47.3 cm³/mol. The Kier molecular flexibility index (Phi) is 3.05. The lowest BCUT2D eigenvalue weighted by atomic mass is 10.2. The number of rotatable bonds is 1. The van der Waals surface area contributed by atoms with Gasteiger partial charge in [-0.3, -0.25) is 4.79 Å². The van der Waals surface area contributed by atoms with E-state index in [1.165, 1.54) is 6.07 Å². The van der Waals surface area contributed by atoms with E-state index in [0.717, 1.165) is 0 Å². The van der Waals surface area contributed by atoms with Crippen molar-refractivity contribution >= 4 is 40.3 Å². The zero-order chi connectivity index (χ0) is 8.55. The van der Waals surface area contributed by atoms with Gasteiger partial charge in [0.2, 0.25) is 0 Å². The summed E-state index contributed by atoms with van der Waals surface area (Å²) in [6.07, 6.45) is 0.713. The number of halogens is 1. The highest BCUT2D eigenvalue weighted by Gasteiger charge is 2.02. The van der Waals surface area contributed by atoms with E-state index in [1.807, 2.05) is 0 Å². The van der Waals surface area contributed by atoms with Gasteiger partial charge < -0.3 is 4.42 Å². The van der Waals surface area contributed by atoms with Crippen molar-refractivity contribution in [3.8, 4) is 0 Å². The lowest BCUT2D eigenvalue weighted by Gasteiger charge is -1.88. The normalized spacial score (nSPS) is 9.62. The smallest absolute Gasteiger partial charge is 0.278 e. The molecule has 0 bridgehead atoms. The molecule has 0 aliphatic rings. The van der Waals surface area contributed by atoms with Gasteiger partial charge in [0, 0.05) is 40.1 Å². The van der Waals surface area contributed by atoms with Crippen molar-refractivity contribution in [1.29, 1.82) is 0 Å². The van der Waals surface area contributed by atoms with Crippen LogP contribution in [0.3, 0.4) is 0 Å². The predicted octanol–water partition coefficient (Wildman–Crippen LogP) is 2.00. The molecule has 13 heavy (non-hydrogen) atoms. The number of carbonyl (C=O) groups is 1. The second-order valence-corrected chi connectivity index (χ2v) is 2.47. The topological polar surface area (TPSA) is 30.2 Å². The Morgan fingerprint density at radius 3 is 2.77 bits per heavy atom. The molecular weight excluding hydrogens is 183 g/mol. The van der Waals surface area contributed by atoms with Crippen molar-refractivity contribution < 1.29 is 13.6 Å². The van der Waals surface area contributed by atoms with Gasteiger partial charge in [0.1, 0.15) is 11.9 Å². The fourth-order valence-corrected chi connectivity index (χ4v) is 1.10. The zero-order valence-electron chi connectivity index (χ0n) is 6.79. The Labute approximate surface area is 89.9 Å². The Bertz CT molecular complexity index is 436. The summed E-state index contributed by atoms with van der Waals surface area (Å²) < 4.78 is 17.2. The number of benzene rings is 1. The van der Waals surface area contributed by atoms with Crippen molar-refractivity contribution in [3.05, 3.63) is 35.8 Å². The highest BCUT2D eigenvalue weighted by Crippen LogP contribution is 2.18. The standard InChI is InChI=1S/C9H5FO2.Mg/c10-9-4-7-3-6(5-11)1-2-8(7)12-9;/h1-5H;. The minimum atomic E-state index is -0.631. The van der Waals surface area contributed by atoms with Crippen LogP contribution in [0.5, 0.6) is 0 Å². The molecular formula is C9H5FMgO2. The van der Waals surface area contributed by atoms with Crippen LogP contribution in [-0.4, -0.2) is 29.3 Å². The molecule has 0 saturated heterocycles. The monoisotopic (exact) mass is 188 g/mol. The van der Waals surface area contributed by atoms with Crippen LogP contribution in [0, 0.1) is 6.01 Å². The number of hydrogen-bond donors (Lipinski definition) is 0. The first-order chi connectivity index (χ1) is 5.79. The number of fused-ring (bicyclic) bond motifs is 1. The number of aldehydes is 1. The van der Waals surface area contributed by atoms with Gasteiger partial charge in [-0.25, -0.2) is 0 Å². The molecule has 1 aromatic carbocycles. The molecule has 0 atom stereocenters. The molecule has 0 unspecified atom stereocenters. The van der Waals surface area contributed by atoms with E-state index in [-0.39, 0.29) is 23.1 Å². The van der Waals surface area contributed by atoms with Crippen molar-refractivity contribution in [2.45, 2.75) is 0 Å². The molecule has 2 radical (unpaired) electrons. The lowest BCUT2D eigenvalue weighted by Crippen LogP contribution is -1.75. The van der Waals surface area contributed by atoms with E-state index in [2.05, 4.69) is 4.42 Å². The first-order valence-electron chi connectivity index (χ1n) is 3.44. The van der Waals surface area contributed by atoms with E-state index in [1.54, 1.807) is 18.2 Å². The van der Waals surface area contributed by atoms with Gasteiger partial charge in [0.15, 0.2) is 0 Å². The van der Waals surface area contributed by atoms with Gasteiger partial charge in [0.05, 0.1) is 0 Å². The molecule has 4 heteroatoms. The Morgan fingerprint density at radius 1 is 1.31 bits per heavy atom. The van der Waals surface area contributed by atoms with E-state index in [0.29, 0.717) is 22.8 Å². The average molecular weight is 188 g/mol. The molecule has 0 amide bonds. The molecule has 2 rings (SSSR count). The fourth-order valence-electron chi connectivity index (χ4n) is 1.10. The molecule has 1 heterocycles. The van der Waals surface area contributed by atoms with Crippen LogP contribution >= 0.6 is 0 Å². The first kappa shape index (κ1) is 10.2. The lowest BCUT2D eigenvalue weighted by molar-refractivity contribution is 0.112. The number of furan rings is 1. The SMILES string of the molecule is O=Cc1ccc2oc(F)cc2c1.[Mg]. The number of carbonyl (C=O) groups excluding carboxylic acids is 1. The molecule has 2 nitrogen and oxygen atoms in total. The van der Waals surface area contributed by atoms with E-state index >= 15 is 0 Å². The van der Waals surface area contributed by atoms with Crippen LogP contribution in [0.4, 0.5) is 4.39 Å². The zero-order valence-corrected chi connectivity index (χ0v) is 8.20. The Balaban J connectivity index is 0.000000845. The summed E-state index contributed by atoms with van der Waals surface area (Å²) in [6.45, 7) is 0. The van der Waals surface area contributed by atoms with Crippen LogP contribution in [0.25, 0.3) is 11.0 Å². The van der Waals surface area contributed by atoms with Crippen LogP contribution < -0.4 is 0 Å². The molecule has 2 aromatic rings. The average Bonchev–Trinajstić information content (AvgIpc) is 2.43. The fraction of sp³-hybridized carbons (Fsp3) is 0. The summed E-state index contributed by atoms with van der Waals surface area (Å²) in [5, 5.41) is 0.608. The third-order valence-corrected chi connectivity index (χ3v) is 1.65. The molecule has 62 valence electrons. The van der Waals surface area contributed by atoms with E-state index in [4.69, 9.17) is 0 Å². The number of hydrogen-bond acceptors (Lipinski definition) is 2. The first-order valence-corrected chi connectivity index (χ1v) is 3.44. The van der Waals surface area contributed by atoms with E-state index in [9.17, 15) is 9.18 Å². The molecule has 0 aliphatic carbocycles. The summed E-state index contributed by atoms with van der Waals surface area (Å²) in [5.41, 5.74) is 0.974. The van der Waals surface area contributed by atoms with Gasteiger partial charge in [0.25, 0.3) is 6.01 Å². The largest absolute Gasteiger partial charge is 0.431 e. The van der Waals surface area contributed by atoms with Gasteiger partial charge >= 0.3 is 0 Å². The molecule has 0 fully saturated rings. The summed E-state index contributed by atoms with van der Waals surface area (Å²) in [5.74, 6) is 0. The summed E-state index contributed by atoms with van der Waals surface area (Å²) >= 11 is 0. The highest BCUT2D eigenvalue weighted by atomic mass is 24.3. The summed E-state index contributed by atoms with van der Waals surface area (Å²) in [4.78, 5) is 10.3. The Morgan fingerprint density at radius 2 is 2.08 bits per heavy atom. The Hall–Kier alpha value is -0.874. The van der Waals surface area contributed by atoms with Crippen molar-refractivity contribution in [3.63, 3.8) is 0 Å². The second-order valence-electron chi connectivity index (χ2n) is 2.47. The third kappa shape index (κ3) is 1.89. The maximum Gasteiger partial charge on any atom is 0.278 e. The van der Waals surface area contributed by atoms with Crippen molar-refractivity contribution in [2.24, 2.45) is 0 Å². The molecule has 0 spiro atoms. The van der Waals surface area contributed by atoms with Crippen LogP contribution in [-0.2, 0) is 0 Å². The van der Waals surface area contributed by atoms with Gasteiger partial charge in [-0.2, -0.15) is 4.39 Å². The third-order valence-electron chi connectivity index (χ3n) is 1.65. The highest BCUT2D eigenvalue weighted by molar-refractivity contribution is 5.85. The van der Waals surface area contributed by atoms with Gasteiger partial charge in [-0.1, -0.05) is 0 Å².